The lowest BCUT2D eigenvalue weighted by molar-refractivity contribution is 0.0602. The molecule has 0 amide bonds. The van der Waals surface area contributed by atoms with Gasteiger partial charge in [0.15, 0.2) is 0 Å². The predicted molar refractivity (Wildman–Crippen MR) is 84.2 cm³/mol. The van der Waals surface area contributed by atoms with Crippen molar-refractivity contribution in [3.8, 4) is 0 Å². The van der Waals surface area contributed by atoms with Crippen molar-refractivity contribution in [3.05, 3.63) is 23.3 Å². The number of nitrogens with one attached hydrogen (secondary N) is 1. The van der Waals surface area contributed by atoms with Crippen LogP contribution in [0.3, 0.4) is 0 Å². The third kappa shape index (κ3) is 4.44. The first-order chi connectivity index (χ1) is 9.49. The molecule has 4 heteroatoms. The van der Waals surface area contributed by atoms with E-state index in [1.807, 2.05) is 13.0 Å². The van der Waals surface area contributed by atoms with E-state index in [0.717, 1.165) is 17.7 Å². The maximum Gasteiger partial charge on any atom is 0.340 e. The summed E-state index contributed by atoms with van der Waals surface area (Å²) < 4.78 is 4.76. The molecule has 20 heavy (non-hydrogen) atoms. The first kappa shape index (κ1) is 16.3. The Morgan fingerprint density at radius 2 is 2.10 bits per heavy atom. The van der Waals surface area contributed by atoms with Crippen molar-refractivity contribution in [2.24, 2.45) is 0 Å². The molecule has 3 N–H and O–H groups in total. The second-order valence-corrected chi connectivity index (χ2v) is 5.29. The van der Waals surface area contributed by atoms with Crippen molar-refractivity contribution in [2.45, 2.75) is 52.5 Å². The largest absolute Gasteiger partial charge is 0.465 e. The molecule has 0 radical (unpaired) electrons. The summed E-state index contributed by atoms with van der Waals surface area (Å²) >= 11 is 0. The van der Waals surface area contributed by atoms with Crippen LogP contribution in [0.4, 0.5) is 11.4 Å². The topological polar surface area (TPSA) is 64.3 Å². The summed E-state index contributed by atoms with van der Waals surface area (Å²) in [6.45, 7) is 6.25. The van der Waals surface area contributed by atoms with Crippen LogP contribution in [0.2, 0.25) is 0 Å². The molecule has 4 nitrogen and oxygen atoms in total. The predicted octanol–water partition coefficient (Wildman–Crippen LogP) is 3.74. The van der Waals surface area contributed by atoms with Crippen LogP contribution < -0.4 is 11.1 Å². The Morgan fingerprint density at radius 1 is 1.40 bits per heavy atom. The molecule has 0 aliphatic carbocycles. The normalized spacial score (nSPS) is 12.0. The van der Waals surface area contributed by atoms with E-state index in [9.17, 15) is 4.79 Å². The number of carbonyl (C=O) groups is 1. The Hall–Kier alpha value is -1.71. The third-order valence-electron chi connectivity index (χ3n) is 3.45. The van der Waals surface area contributed by atoms with Gasteiger partial charge in [-0.05, 0) is 38.0 Å². The fraction of sp³-hybridized carbons (Fsp3) is 0.562. The first-order valence-electron chi connectivity index (χ1n) is 7.24. The van der Waals surface area contributed by atoms with Crippen molar-refractivity contribution >= 4 is 17.3 Å². The van der Waals surface area contributed by atoms with Gasteiger partial charge in [0.1, 0.15) is 0 Å². The molecule has 0 aliphatic heterocycles. The quantitative estimate of drug-likeness (QED) is 0.453. The number of aryl methyl sites for hydroxylation is 1. The molecule has 0 saturated heterocycles. The summed E-state index contributed by atoms with van der Waals surface area (Å²) in [5.41, 5.74) is 8.65. The molecular formula is C16H26N2O2. The number of esters is 1. The molecule has 112 valence electrons. The minimum Gasteiger partial charge on any atom is -0.465 e. The van der Waals surface area contributed by atoms with Gasteiger partial charge in [0.25, 0.3) is 0 Å². The molecule has 1 unspecified atom stereocenters. The Labute approximate surface area is 121 Å². The van der Waals surface area contributed by atoms with Crippen LogP contribution in [0.5, 0.6) is 0 Å². The maximum atomic E-state index is 11.7. The molecule has 0 spiro atoms. The van der Waals surface area contributed by atoms with Crippen molar-refractivity contribution in [1.29, 1.82) is 0 Å². The number of methoxy groups -OCH3 is 1. The van der Waals surface area contributed by atoms with E-state index in [1.54, 1.807) is 6.07 Å². The fourth-order valence-electron chi connectivity index (χ4n) is 2.22. The highest BCUT2D eigenvalue weighted by Crippen LogP contribution is 2.24. The minimum atomic E-state index is -0.395. The van der Waals surface area contributed by atoms with Gasteiger partial charge in [-0.15, -0.1) is 0 Å². The zero-order valence-corrected chi connectivity index (χ0v) is 13.0. The van der Waals surface area contributed by atoms with Crippen LogP contribution in [0.1, 0.15) is 55.5 Å². The molecule has 0 saturated carbocycles. The standard InChI is InChI=1S/C16H26N2O2/c1-5-6-7-8-12(3)18-13-9-11(2)15(17)14(10-13)16(19)20-4/h9-10,12,18H,5-8,17H2,1-4H3. The summed E-state index contributed by atoms with van der Waals surface area (Å²) in [6.07, 6.45) is 4.80. The fourth-order valence-corrected chi connectivity index (χ4v) is 2.22. The van der Waals surface area contributed by atoms with Crippen molar-refractivity contribution in [2.75, 3.05) is 18.2 Å². The van der Waals surface area contributed by atoms with E-state index in [-0.39, 0.29) is 0 Å². The van der Waals surface area contributed by atoms with Crippen molar-refractivity contribution < 1.29 is 9.53 Å². The highest BCUT2D eigenvalue weighted by atomic mass is 16.5. The molecule has 0 fully saturated rings. The van der Waals surface area contributed by atoms with Gasteiger partial charge < -0.3 is 15.8 Å². The number of ether oxygens (including phenoxy) is 1. The summed E-state index contributed by atoms with van der Waals surface area (Å²) in [5.74, 6) is -0.395. The summed E-state index contributed by atoms with van der Waals surface area (Å²) in [5, 5.41) is 3.42. The molecule has 0 aromatic heterocycles. The van der Waals surface area contributed by atoms with Gasteiger partial charge in [-0.25, -0.2) is 4.79 Å². The number of hydrogen-bond donors (Lipinski definition) is 2. The maximum absolute atomic E-state index is 11.7. The summed E-state index contributed by atoms with van der Waals surface area (Å²) in [6, 6.07) is 4.11. The van der Waals surface area contributed by atoms with Gasteiger partial charge in [-0.1, -0.05) is 26.2 Å². The molecular weight excluding hydrogens is 252 g/mol. The average Bonchev–Trinajstić information content (AvgIpc) is 2.42. The Kier molecular flexibility index (Phi) is 6.36. The number of benzene rings is 1. The van der Waals surface area contributed by atoms with Gasteiger partial charge >= 0.3 is 5.97 Å². The third-order valence-corrected chi connectivity index (χ3v) is 3.45. The molecule has 0 aliphatic rings. The van der Waals surface area contributed by atoms with Gasteiger partial charge in [-0.2, -0.15) is 0 Å². The minimum absolute atomic E-state index is 0.370. The van der Waals surface area contributed by atoms with Crippen LogP contribution in [-0.2, 0) is 4.74 Å². The molecule has 0 heterocycles. The van der Waals surface area contributed by atoms with Gasteiger partial charge in [0.05, 0.1) is 12.7 Å². The molecule has 1 atom stereocenters. The molecule has 1 aromatic carbocycles. The van der Waals surface area contributed by atoms with Gasteiger partial charge in [0.2, 0.25) is 0 Å². The first-order valence-corrected chi connectivity index (χ1v) is 7.24. The monoisotopic (exact) mass is 278 g/mol. The SMILES string of the molecule is CCCCCC(C)Nc1cc(C)c(N)c(C(=O)OC)c1. The highest BCUT2D eigenvalue weighted by Gasteiger charge is 2.14. The van der Waals surface area contributed by atoms with Gasteiger partial charge in [-0.3, -0.25) is 0 Å². The lowest BCUT2D eigenvalue weighted by Crippen LogP contribution is -2.16. The van der Waals surface area contributed by atoms with E-state index < -0.39 is 5.97 Å². The average molecular weight is 278 g/mol. The second-order valence-electron chi connectivity index (χ2n) is 5.29. The van der Waals surface area contributed by atoms with E-state index in [4.69, 9.17) is 10.5 Å². The number of rotatable bonds is 7. The van der Waals surface area contributed by atoms with E-state index >= 15 is 0 Å². The number of anilines is 2. The van der Waals surface area contributed by atoms with Crippen LogP contribution in [0.15, 0.2) is 12.1 Å². The van der Waals surface area contributed by atoms with E-state index in [1.165, 1.54) is 26.4 Å². The van der Waals surface area contributed by atoms with E-state index in [2.05, 4.69) is 19.2 Å². The smallest absolute Gasteiger partial charge is 0.340 e. The number of hydrogen-bond acceptors (Lipinski definition) is 4. The van der Waals surface area contributed by atoms with Crippen molar-refractivity contribution in [3.63, 3.8) is 0 Å². The lowest BCUT2D eigenvalue weighted by Gasteiger charge is -2.17. The summed E-state index contributed by atoms with van der Waals surface area (Å²) in [4.78, 5) is 11.7. The number of carbonyl (C=O) groups excluding carboxylic acids is 1. The Bertz CT molecular complexity index is 458. The number of unbranched alkanes of at least 4 members (excludes halogenated alkanes) is 2. The molecule has 0 bridgehead atoms. The van der Waals surface area contributed by atoms with E-state index in [0.29, 0.717) is 17.3 Å². The number of nitrogen functional groups attached to an aromatic ring is 1. The lowest BCUT2D eigenvalue weighted by atomic mass is 10.1. The molecule has 1 aromatic rings. The molecule has 1 rings (SSSR count). The Morgan fingerprint density at radius 3 is 2.70 bits per heavy atom. The zero-order chi connectivity index (χ0) is 15.1. The van der Waals surface area contributed by atoms with Crippen LogP contribution in [-0.4, -0.2) is 19.1 Å². The second kappa shape index (κ2) is 7.78. The Balaban J connectivity index is 2.80. The van der Waals surface area contributed by atoms with Crippen LogP contribution >= 0.6 is 0 Å². The summed E-state index contributed by atoms with van der Waals surface area (Å²) in [7, 11) is 1.37. The highest BCUT2D eigenvalue weighted by molar-refractivity contribution is 5.97. The van der Waals surface area contributed by atoms with Crippen molar-refractivity contribution in [1.82, 2.24) is 0 Å². The van der Waals surface area contributed by atoms with Gasteiger partial charge in [0, 0.05) is 17.4 Å². The number of nitrogens with two attached hydrogens (primary N) is 1. The zero-order valence-electron chi connectivity index (χ0n) is 13.0. The van der Waals surface area contributed by atoms with Crippen LogP contribution in [0.25, 0.3) is 0 Å². The van der Waals surface area contributed by atoms with Crippen LogP contribution in [0, 0.1) is 6.92 Å².